The first-order valence-corrected chi connectivity index (χ1v) is 6.84. The number of thiophene rings is 1. The van der Waals surface area contributed by atoms with Crippen molar-refractivity contribution in [3.8, 4) is 0 Å². The standard InChI is InChI=1S/C11H12Cl2N2OS/c1-2-3-15-6-7(5-14-15)10(16)8-4-9(12)17-11(8)13/h4-6,10,16H,2-3H2,1H3. The van der Waals surface area contributed by atoms with Crippen LogP contribution in [0.5, 0.6) is 0 Å². The van der Waals surface area contributed by atoms with Crippen LogP contribution in [-0.4, -0.2) is 14.9 Å². The van der Waals surface area contributed by atoms with Gasteiger partial charge >= 0.3 is 0 Å². The van der Waals surface area contributed by atoms with Crippen molar-refractivity contribution in [1.82, 2.24) is 9.78 Å². The predicted molar refractivity (Wildman–Crippen MR) is 70.9 cm³/mol. The zero-order valence-corrected chi connectivity index (χ0v) is 11.6. The highest BCUT2D eigenvalue weighted by Gasteiger charge is 2.18. The molecule has 0 aliphatic carbocycles. The van der Waals surface area contributed by atoms with Crippen LogP contribution >= 0.6 is 34.5 Å². The Labute approximate surface area is 114 Å². The predicted octanol–water partition coefficient (Wildman–Crippen LogP) is 3.74. The summed E-state index contributed by atoms with van der Waals surface area (Å²) in [4.78, 5) is 0. The van der Waals surface area contributed by atoms with Crippen LogP contribution in [0.3, 0.4) is 0 Å². The number of hydrogen-bond acceptors (Lipinski definition) is 3. The topological polar surface area (TPSA) is 38.0 Å². The highest BCUT2D eigenvalue weighted by atomic mass is 35.5. The Balaban J connectivity index is 2.24. The van der Waals surface area contributed by atoms with Gasteiger partial charge in [-0.1, -0.05) is 30.1 Å². The van der Waals surface area contributed by atoms with Crippen LogP contribution in [0.2, 0.25) is 8.67 Å². The van der Waals surface area contributed by atoms with Gasteiger partial charge in [-0.05, 0) is 12.5 Å². The van der Waals surface area contributed by atoms with Gasteiger partial charge in [0.15, 0.2) is 0 Å². The number of aliphatic hydroxyl groups excluding tert-OH is 1. The minimum Gasteiger partial charge on any atom is -0.383 e. The van der Waals surface area contributed by atoms with Crippen molar-refractivity contribution in [2.24, 2.45) is 0 Å². The third-order valence-corrected chi connectivity index (χ3v) is 3.92. The van der Waals surface area contributed by atoms with Crippen molar-refractivity contribution in [1.29, 1.82) is 0 Å². The molecule has 0 spiro atoms. The molecule has 0 aliphatic heterocycles. The summed E-state index contributed by atoms with van der Waals surface area (Å²) in [5.41, 5.74) is 1.37. The Kier molecular flexibility index (Phi) is 4.09. The van der Waals surface area contributed by atoms with Crippen LogP contribution in [-0.2, 0) is 6.54 Å². The molecule has 0 saturated heterocycles. The van der Waals surface area contributed by atoms with Crippen LogP contribution in [0.25, 0.3) is 0 Å². The smallest absolute Gasteiger partial charge is 0.109 e. The first kappa shape index (κ1) is 12.9. The summed E-state index contributed by atoms with van der Waals surface area (Å²) in [5, 5.41) is 14.4. The summed E-state index contributed by atoms with van der Waals surface area (Å²) in [6.45, 7) is 2.91. The molecule has 2 aromatic heterocycles. The summed E-state index contributed by atoms with van der Waals surface area (Å²) < 4.78 is 2.90. The first-order chi connectivity index (χ1) is 8.11. The second kappa shape index (κ2) is 5.40. The lowest BCUT2D eigenvalue weighted by molar-refractivity contribution is 0.221. The molecule has 92 valence electrons. The van der Waals surface area contributed by atoms with Gasteiger partial charge in [0, 0.05) is 23.9 Å². The molecular weight excluding hydrogens is 279 g/mol. The summed E-state index contributed by atoms with van der Waals surface area (Å²) >= 11 is 13.1. The van der Waals surface area contributed by atoms with Crippen LogP contribution < -0.4 is 0 Å². The molecule has 17 heavy (non-hydrogen) atoms. The Morgan fingerprint density at radius 1 is 1.53 bits per heavy atom. The number of nitrogens with zero attached hydrogens (tertiary/aromatic N) is 2. The van der Waals surface area contributed by atoms with E-state index in [9.17, 15) is 5.11 Å². The van der Waals surface area contributed by atoms with Crippen molar-refractivity contribution in [2.75, 3.05) is 0 Å². The number of rotatable bonds is 4. The molecule has 0 radical (unpaired) electrons. The van der Waals surface area contributed by atoms with Crippen molar-refractivity contribution in [3.63, 3.8) is 0 Å². The monoisotopic (exact) mass is 290 g/mol. The third kappa shape index (κ3) is 2.83. The molecule has 0 fully saturated rings. The maximum absolute atomic E-state index is 10.2. The van der Waals surface area contributed by atoms with Gasteiger partial charge in [0.05, 0.1) is 10.5 Å². The third-order valence-electron chi connectivity index (χ3n) is 2.40. The van der Waals surface area contributed by atoms with Crippen molar-refractivity contribution < 1.29 is 5.11 Å². The lowest BCUT2D eigenvalue weighted by Gasteiger charge is -2.06. The van der Waals surface area contributed by atoms with E-state index in [1.54, 1.807) is 16.9 Å². The van der Waals surface area contributed by atoms with Crippen LogP contribution in [0, 0.1) is 0 Å². The van der Waals surface area contributed by atoms with Crippen LogP contribution in [0.1, 0.15) is 30.6 Å². The van der Waals surface area contributed by atoms with Crippen LogP contribution in [0.15, 0.2) is 18.5 Å². The minimum atomic E-state index is -0.767. The van der Waals surface area contributed by atoms with E-state index in [-0.39, 0.29) is 0 Å². The van der Waals surface area contributed by atoms with Crippen molar-refractivity contribution >= 4 is 34.5 Å². The fourth-order valence-electron chi connectivity index (χ4n) is 1.59. The van der Waals surface area contributed by atoms with Gasteiger partial charge in [-0.15, -0.1) is 11.3 Å². The Morgan fingerprint density at radius 2 is 2.29 bits per heavy atom. The average Bonchev–Trinajstić information content (AvgIpc) is 2.85. The maximum atomic E-state index is 10.2. The van der Waals surface area contributed by atoms with E-state index >= 15 is 0 Å². The zero-order chi connectivity index (χ0) is 12.4. The highest BCUT2D eigenvalue weighted by molar-refractivity contribution is 7.20. The Morgan fingerprint density at radius 3 is 2.88 bits per heavy atom. The number of aliphatic hydroxyl groups is 1. The molecule has 1 atom stereocenters. The molecule has 1 N–H and O–H groups in total. The number of halogens is 2. The molecule has 0 saturated carbocycles. The molecule has 6 heteroatoms. The van der Waals surface area contributed by atoms with Gasteiger partial charge in [0.1, 0.15) is 10.4 Å². The van der Waals surface area contributed by atoms with E-state index < -0.39 is 6.10 Å². The number of aryl methyl sites for hydroxylation is 1. The number of aromatic nitrogens is 2. The lowest BCUT2D eigenvalue weighted by atomic mass is 10.1. The Bertz CT molecular complexity index is 509. The summed E-state index contributed by atoms with van der Waals surface area (Å²) in [6.07, 6.45) is 3.72. The Hall–Kier alpha value is -0.550. The van der Waals surface area contributed by atoms with Crippen molar-refractivity contribution in [3.05, 3.63) is 38.3 Å². The van der Waals surface area contributed by atoms with Crippen molar-refractivity contribution in [2.45, 2.75) is 26.0 Å². The molecule has 2 aromatic rings. The highest BCUT2D eigenvalue weighted by Crippen LogP contribution is 2.37. The van der Waals surface area contributed by atoms with Gasteiger partial charge in [-0.3, -0.25) is 4.68 Å². The SMILES string of the molecule is CCCn1cc(C(O)c2cc(Cl)sc2Cl)cn1. The molecule has 0 bridgehead atoms. The molecule has 2 rings (SSSR count). The molecule has 0 aliphatic rings. The van der Waals surface area contributed by atoms with E-state index in [0.717, 1.165) is 18.5 Å². The van der Waals surface area contributed by atoms with E-state index in [4.69, 9.17) is 23.2 Å². The van der Waals surface area contributed by atoms with E-state index in [2.05, 4.69) is 12.0 Å². The second-order valence-electron chi connectivity index (χ2n) is 3.72. The van der Waals surface area contributed by atoms with E-state index in [0.29, 0.717) is 14.2 Å². The van der Waals surface area contributed by atoms with Gasteiger partial charge in [-0.2, -0.15) is 5.10 Å². The van der Waals surface area contributed by atoms with Gasteiger partial charge < -0.3 is 5.11 Å². The average molecular weight is 291 g/mol. The normalized spacial score (nSPS) is 12.9. The minimum absolute atomic E-state index is 0.519. The molecule has 3 nitrogen and oxygen atoms in total. The number of hydrogen-bond donors (Lipinski definition) is 1. The molecule has 2 heterocycles. The fourth-order valence-corrected chi connectivity index (χ4v) is 3.11. The second-order valence-corrected chi connectivity index (χ2v) is 6.00. The molecule has 0 amide bonds. The van der Waals surface area contributed by atoms with Gasteiger partial charge in [0.2, 0.25) is 0 Å². The summed E-state index contributed by atoms with van der Waals surface area (Å²) in [6, 6.07) is 1.69. The maximum Gasteiger partial charge on any atom is 0.109 e. The quantitative estimate of drug-likeness (QED) is 0.931. The van der Waals surface area contributed by atoms with Crippen LogP contribution in [0.4, 0.5) is 0 Å². The van der Waals surface area contributed by atoms with E-state index in [1.165, 1.54) is 11.3 Å². The summed E-state index contributed by atoms with van der Waals surface area (Å²) in [7, 11) is 0. The molecular formula is C11H12Cl2N2OS. The molecule has 0 aromatic carbocycles. The van der Waals surface area contributed by atoms with E-state index in [1.807, 2.05) is 6.20 Å². The first-order valence-electron chi connectivity index (χ1n) is 5.27. The zero-order valence-electron chi connectivity index (χ0n) is 9.23. The van der Waals surface area contributed by atoms with Gasteiger partial charge in [0.25, 0.3) is 0 Å². The fraction of sp³-hybridized carbons (Fsp3) is 0.364. The summed E-state index contributed by atoms with van der Waals surface area (Å²) in [5.74, 6) is 0. The largest absolute Gasteiger partial charge is 0.383 e. The van der Waals surface area contributed by atoms with Gasteiger partial charge in [-0.25, -0.2) is 0 Å². The molecule has 1 unspecified atom stereocenters. The lowest BCUT2D eigenvalue weighted by Crippen LogP contribution is -1.98.